The molecule has 0 unspecified atom stereocenters. The van der Waals surface area contributed by atoms with E-state index in [-0.39, 0.29) is 5.91 Å². The molecule has 3 rings (SSSR count). The number of hydrogen-bond acceptors (Lipinski definition) is 4. The van der Waals surface area contributed by atoms with Crippen LogP contribution in [0, 0.1) is 0 Å². The number of likely N-dealkylation sites (N-methyl/N-ethyl adjacent to an activating group) is 1. The van der Waals surface area contributed by atoms with E-state index >= 15 is 0 Å². The largest absolute Gasteiger partial charge is 0.340 e. The first-order valence-electron chi connectivity index (χ1n) is 8.26. The molecular weight excluding hydrogens is 359 g/mol. The second-order valence-corrected chi connectivity index (χ2v) is 6.81. The van der Waals surface area contributed by atoms with Crippen LogP contribution in [0.4, 0.5) is 11.5 Å². The highest BCUT2D eigenvalue weighted by atomic mass is 35.5. The highest BCUT2D eigenvalue weighted by Gasteiger charge is 2.21. The minimum atomic E-state index is 0.0283. The van der Waals surface area contributed by atoms with Crippen LogP contribution in [-0.4, -0.2) is 53.4 Å². The Morgan fingerprint density at radius 2 is 1.80 bits per heavy atom. The maximum atomic E-state index is 12.6. The summed E-state index contributed by atoms with van der Waals surface area (Å²) in [6, 6.07) is 8.77. The van der Waals surface area contributed by atoms with Gasteiger partial charge in [0.25, 0.3) is 5.91 Å². The number of amides is 1. The van der Waals surface area contributed by atoms with Crippen LogP contribution in [-0.2, 0) is 0 Å². The fourth-order valence-corrected chi connectivity index (χ4v) is 3.34. The molecule has 0 saturated carbocycles. The van der Waals surface area contributed by atoms with E-state index in [2.05, 4.69) is 22.1 Å². The summed E-state index contributed by atoms with van der Waals surface area (Å²) in [7, 11) is 0. The highest BCUT2D eigenvalue weighted by molar-refractivity contribution is 6.35. The Morgan fingerprint density at radius 1 is 1.12 bits per heavy atom. The van der Waals surface area contributed by atoms with Gasteiger partial charge in [-0.3, -0.25) is 4.79 Å². The number of nitrogens with zero attached hydrogens (tertiary/aromatic N) is 3. The Kier molecular flexibility index (Phi) is 5.78. The van der Waals surface area contributed by atoms with Gasteiger partial charge in [0, 0.05) is 48.1 Å². The monoisotopic (exact) mass is 378 g/mol. The van der Waals surface area contributed by atoms with Crippen molar-refractivity contribution in [3.8, 4) is 0 Å². The molecule has 0 aliphatic carbocycles. The van der Waals surface area contributed by atoms with Gasteiger partial charge < -0.3 is 15.1 Å². The number of rotatable bonds is 4. The molecule has 0 spiro atoms. The Bertz CT molecular complexity index is 723. The van der Waals surface area contributed by atoms with Crippen LogP contribution in [0.25, 0.3) is 0 Å². The van der Waals surface area contributed by atoms with E-state index in [1.807, 2.05) is 4.90 Å². The predicted molar refractivity (Wildman–Crippen MR) is 102 cm³/mol. The minimum Gasteiger partial charge on any atom is -0.340 e. The Balaban J connectivity index is 1.64. The quantitative estimate of drug-likeness (QED) is 0.875. The van der Waals surface area contributed by atoms with Gasteiger partial charge in [-0.15, -0.1) is 0 Å². The third-order valence-electron chi connectivity index (χ3n) is 4.25. The summed E-state index contributed by atoms with van der Waals surface area (Å²) in [5.74, 6) is 0.659. The molecule has 5 nitrogen and oxygen atoms in total. The van der Waals surface area contributed by atoms with E-state index in [4.69, 9.17) is 23.2 Å². The first-order valence-corrected chi connectivity index (χ1v) is 9.01. The number of piperazine rings is 1. The molecule has 1 aliphatic heterocycles. The molecule has 7 heteroatoms. The Morgan fingerprint density at radius 3 is 2.36 bits per heavy atom. The first kappa shape index (κ1) is 18.0. The van der Waals surface area contributed by atoms with E-state index in [1.165, 1.54) is 0 Å². The summed E-state index contributed by atoms with van der Waals surface area (Å²) in [6.45, 7) is 6.52. The SMILES string of the molecule is CCN1CCN(C(=O)c2ccc(Nc3cc(Cl)cc(Cl)c3)nc2)CC1. The molecule has 1 fully saturated rings. The number of halogens is 2. The van der Waals surface area contributed by atoms with E-state index in [1.54, 1.807) is 36.5 Å². The van der Waals surface area contributed by atoms with Crippen molar-refractivity contribution in [1.29, 1.82) is 0 Å². The summed E-state index contributed by atoms with van der Waals surface area (Å²) >= 11 is 12.0. The number of carbonyl (C=O) groups is 1. The zero-order valence-corrected chi connectivity index (χ0v) is 15.5. The standard InChI is InChI=1S/C18H20Cl2N4O/c1-2-23-5-7-24(8-6-23)18(25)13-3-4-17(21-12-13)22-16-10-14(19)9-15(20)11-16/h3-4,9-12H,2,5-8H2,1H3,(H,21,22). The molecule has 25 heavy (non-hydrogen) atoms. The van der Waals surface area contributed by atoms with Gasteiger partial charge in [0.05, 0.1) is 5.56 Å². The van der Waals surface area contributed by atoms with E-state index in [9.17, 15) is 4.79 Å². The predicted octanol–water partition coefficient (Wildman–Crippen LogP) is 3.91. The van der Waals surface area contributed by atoms with E-state index in [0.29, 0.717) is 21.4 Å². The van der Waals surface area contributed by atoms with Crippen molar-refractivity contribution >= 4 is 40.6 Å². The van der Waals surface area contributed by atoms with Crippen molar-refractivity contribution in [1.82, 2.24) is 14.8 Å². The lowest BCUT2D eigenvalue weighted by atomic mass is 10.2. The lowest BCUT2D eigenvalue weighted by Crippen LogP contribution is -2.48. The molecule has 1 aromatic carbocycles. The third kappa shape index (κ3) is 4.63. The third-order valence-corrected chi connectivity index (χ3v) is 4.69. The van der Waals surface area contributed by atoms with Crippen molar-refractivity contribution in [2.24, 2.45) is 0 Å². The molecular formula is C18H20Cl2N4O. The van der Waals surface area contributed by atoms with Crippen LogP contribution >= 0.6 is 23.2 Å². The van der Waals surface area contributed by atoms with Crippen LogP contribution in [0.1, 0.15) is 17.3 Å². The normalized spacial score (nSPS) is 15.2. The average Bonchev–Trinajstić information content (AvgIpc) is 2.61. The average molecular weight is 379 g/mol. The first-order chi connectivity index (χ1) is 12.0. The molecule has 0 bridgehead atoms. The molecule has 132 valence electrons. The lowest BCUT2D eigenvalue weighted by Gasteiger charge is -2.34. The van der Waals surface area contributed by atoms with Gasteiger partial charge in [-0.2, -0.15) is 0 Å². The van der Waals surface area contributed by atoms with Gasteiger partial charge in [0.1, 0.15) is 5.82 Å². The maximum absolute atomic E-state index is 12.6. The smallest absolute Gasteiger partial charge is 0.255 e. The van der Waals surface area contributed by atoms with Crippen molar-refractivity contribution in [2.45, 2.75) is 6.92 Å². The molecule has 2 heterocycles. The molecule has 1 amide bonds. The van der Waals surface area contributed by atoms with Crippen molar-refractivity contribution in [3.05, 3.63) is 52.1 Å². The van der Waals surface area contributed by atoms with Gasteiger partial charge in [0.2, 0.25) is 0 Å². The molecule has 2 aromatic rings. The number of carbonyl (C=O) groups excluding carboxylic acids is 1. The maximum Gasteiger partial charge on any atom is 0.255 e. The van der Waals surface area contributed by atoms with Crippen molar-refractivity contribution < 1.29 is 4.79 Å². The minimum absolute atomic E-state index is 0.0283. The summed E-state index contributed by atoms with van der Waals surface area (Å²) in [6.07, 6.45) is 1.60. The van der Waals surface area contributed by atoms with E-state index in [0.717, 1.165) is 38.4 Å². The molecule has 1 N–H and O–H groups in total. The van der Waals surface area contributed by atoms with Crippen molar-refractivity contribution in [2.75, 3.05) is 38.0 Å². The number of nitrogens with one attached hydrogen (secondary N) is 1. The lowest BCUT2D eigenvalue weighted by molar-refractivity contribution is 0.0643. The molecule has 1 saturated heterocycles. The van der Waals surface area contributed by atoms with Crippen LogP contribution in [0.3, 0.4) is 0 Å². The number of hydrogen-bond donors (Lipinski definition) is 1. The Hall–Kier alpha value is -1.82. The van der Waals surface area contributed by atoms with Crippen LogP contribution in [0.2, 0.25) is 10.0 Å². The topological polar surface area (TPSA) is 48.5 Å². The number of pyridine rings is 1. The zero-order valence-electron chi connectivity index (χ0n) is 14.0. The summed E-state index contributed by atoms with van der Waals surface area (Å²) < 4.78 is 0. The van der Waals surface area contributed by atoms with E-state index < -0.39 is 0 Å². The van der Waals surface area contributed by atoms with Gasteiger partial charge in [-0.05, 0) is 36.9 Å². The number of benzene rings is 1. The summed E-state index contributed by atoms with van der Waals surface area (Å²) in [5.41, 5.74) is 1.35. The van der Waals surface area contributed by atoms with Crippen LogP contribution in [0.15, 0.2) is 36.5 Å². The number of aromatic nitrogens is 1. The molecule has 0 radical (unpaired) electrons. The second-order valence-electron chi connectivity index (χ2n) is 5.94. The second kappa shape index (κ2) is 8.04. The van der Waals surface area contributed by atoms with Crippen LogP contribution in [0.5, 0.6) is 0 Å². The van der Waals surface area contributed by atoms with Gasteiger partial charge in [-0.1, -0.05) is 30.1 Å². The fraction of sp³-hybridized carbons (Fsp3) is 0.333. The molecule has 1 aromatic heterocycles. The zero-order chi connectivity index (χ0) is 17.8. The summed E-state index contributed by atoms with van der Waals surface area (Å²) in [4.78, 5) is 21.1. The Labute approximate surface area is 157 Å². The fourth-order valence-electron chi connectivity index (χ4n) is 2.82. The summed E-state index contributed by atoms with van der Waals surface area (Å²) in [5, 5.41) is 4.23. The van der Waals surface area contributed by atoms with Crippen LogP contribution < -0.4 is 5.32 Å². The van der Waals surface area contributed by atoms with Crippen molar-refractivity contribution in [3.63, 3.8) is 0 Å². The molecule has 1 aliphatic rings. The number of anilines is 2. The van der Waals surface area contributed by atoms with Gasteiger partial charge in [0.15, 0.2) is 0 Å². The van der Waals surface area contributed by atoms with Gasteiger partial charge >= 0.3 is 0 Å². The molecule has 0 atom stereocenters. The highest BCUT2D eigenvalue weighted by Crippen LogP contribution is 2.24. The van der Waals surface area contributed by atoms with Gasteiger partial charge in [-0.25, -0.2) is 4.98 Å².